The lowest BCUT2D eigenvalue weighted by atomic mass is 10.2. The van der Waals surface area contributed by atoms with Gasteiger partial charge in [0.25, 0.3) is 5.56 Å². The average molecular weight is 254 g/mol. The molecule has 0 spiro atoms. The molecule has 0 aliphatic heterocycles. The largest absolute Gasteiger partial charge is 0.466 e. The fourth-order valence-corrected chi connectivity index (χ4v) is 1.58. The zero-order valence-electron chi connectivity index (χ0n) is 10.5. The zero-order chi connectivity index (χ0) is 13.4. The van der Waals surface area contributed by atoms with Gasteiger partial charge in [-0.25, -0.2) is 4.79 Å². The number of nitrogens with zero attached hydrogens (tertiary/aromatic N) is 1. The number of H-pyrrole nitrogens is 1. The highest BCUT2D eigenvalue weighted by Crippen LogP contribution is 2.02. The van der Waals surface area contributed by atoms with Crippen molar-refractivity contribution in [2.45, 2.75) is 39.2 Å². The van der Waals surface area contributed by atoms with Gasteiger partial charge in [-0.2, -0.15) is 0 Å². The number of aryl methyl sites for hydroxylation is 1. The summed E-state index contributed by atoms with van der Waals surface area (Å²) in [7, 11) is 0. The number of aromatic nitrogens is 2. The Morgan fingerprint density at radius 1 is 1.33 bits per heavy atom. The molecule has 6 nitrogen and oxygen atoms in total. The van der Waals surface area contributed by atoms with E-state index < -0.39 is 11.2 Å². The molecule has 0 radical (unpaired) electrons. The van der Waals surface area contributed by atoms with E-state index in [0.29, 0.717) is 19.6 Å². The molecule has 0 bridgehead atoms. The van der Waals surface area contributed by atoms with Gasteiger partial charge in [0, 0.05) is 25.2 Å². The lowest BCUT2D eigenvalue weighted by Crippen LogP contribution is -2.28. The van der Waals surface area contributed by atoms with Gasteiger partial charge in [0.15, 0.2) is 0 Å². The molecule has 6 heteroatoms. The van der Waals surface area contributed by atoms with Crippen molar-refractivity contribution in [1.82, 2.24) is 9.55 Å². The second kappa shape index (κ2) is 7.47. The number of hydrogen-bond acceptors (Lipinski definition) is 4. The molecular formula is C12H18N2O4. The second-order valence-corrected chi connectivity index (χ2v) is 3.92. The summed E-state index contributed by atoms with van der Waals surface area (Å²) in [6.45, 7) is 2.73. The van der Waals surface area contributed by atoms with Crippen LogP contribution < -0.4 is 11.2 Å². The predicted molar refractivity (Wildman–Crippen MR) is 66.4 cm³/mol. The van der Waals surface area contributed by atoms with Crippen LogP contribution in [0.1, 0.15) is 32.6 Å². The standard InChI is InChI=1S/C12H18N2O4/c1-2-18-11(16)6-4-3-5-8-14-9-7-10(15)13-12(14)17/h7,9H,2-6,8H2,1H3,(H,13,15,17). The van der Waals surface area contributed by atoms with Crippen molar-refractivity contribution < 1.29 is 9.53 Å². The van der Waals surface area contributed by atoms with Gasteiger partial charge in [-0.1, -0.05) is 6.42 Å². The summed E-state index contributed by atoms with van der Waals surface area (Å²) in [6, 6.07) is 1.32. The number of nitrogens with one attached hydrogen (secondary N) is 1. The third-order valence-electron chi connectivity index (χ3n) is 2.48. The van der Waals surface area contributed by atoms with E-state index >= 15 is 0 Å². The third kappa shape index (κ3) is 4.99. The molecule has 0 aliphatic carbocycles. The van der Waals surface area contributed by atoms with E-state index in [2.05, 4.69) is 4.98 Å². The molecule has 100 valence electrons. The number of carbonyl (C=O) groups excluding carboxylic acids is 1. The van der Waals surface area contributed by atoms with Gasteiger partial charge in [-0.3, -0.25) is 14.6 Å². The van der Waals surface area contributed by atoms with E-state index in [1.165, 1.54) is 16.8 Å². The van der Waals surface area contributed by atoms with Gasteiger partial charge in [0.05, 0.1) is 6.61 Å². The van der Waals surface area contributed by atoms with Crippen molar-refractivity contribution in [2.24, 2.45) is 0 Å². The van der Waals surface area contributed by atoms with Gasteiger partial charge in [0.1, 0.15) is 0 Å². The van der Waals surface area contributed by atoms with E-state index in [4.69, 9.17) is 4.74 Å². The van der Waals surface area contributed by atoms with E-state index in [9.17, 15) is 14.4 Å². The Labute approximate surface area is 105 Å². The van der Waals surface area contributed by atoms with Gasteiger partial charge >= 0.3 is 11.7 Å². The zero-order valence-corrected chi connectivity index (χ0v) is 10.5. The van der Waals surface area contributed by atoms with E-state index in [1.807, 2.05) is 0 Å². The molecule has 18 heavy (non-hydrogen) atoms. The Morgan fingerprint density at radius 3 is 2.78 bits per heavy atom. The van der Waals surface area contributed by atoms with Crippen LogP contribution in [0.25, 0.3) is 0 Å². The minimum atomic E-state index is -0.395. The van der Waals surface area contributed by atoms with E-state index in [1.54, 1.807) is 6.92 Å². The molecule has 1 heterocycles. The Morgan fingerprint density at radius 2 is 2.11 bits per heavy atom. The van der Waals surface area contributed by atoms with Crippen LogP contribution in [0.2, 0.25) is 0 Å². The molecule has 0 saturated heterocycles. The molecule has 1 aromatic heterocycles. The Bertz CT molecular complexity index is 489. The molecule has 0 fully saturated rings. The maximum Gasteiger partial charge on any atom is 0.328 e. The lowest BCUT2D eigenvalue weighted by molar-refractivity contribution is -0.143. The van der Waals surface area contributed by atoms with Crippen LogP contribution in [0.5, 0.6) is 0 Å². The van der Waals surface area contributed by atoms with Crippen molar-refractivity contribution >= 4 is 5.97 Å². The van der Waals surface area contributed by atoms with Crippen molar-refractivity contribution in [3.8, 4) is 0 Å². The first-order chi connectivity index (χ1) is 8.63. The fourth-order valence-electron chi connectivity index (χ4n) is 1.58. The van der Waals surface area contributed by atoms with Crippen LogP contribution in [0.4, 0.5) is 0 Å². The van der Waals surface area contributed by atoms with Gasteiger partial charge in [-0.05, 0) is 19.8 Å². The van der Waals surface area contributed by atoms with Crippen LogP contribution in [-0.2, 0) is 16.1 Å². The molecule has 0 amide bonds. The van der Waals surface area contributed by atoms with Crippen molar-refractivity contribution in [2.75, 3.05) is 6.61 Å². The lowest BCUT2D eigenvalue weighted by Gasteiger charge is -2.04. The number of ether oxygens (including phenoxy) is 1. The first-order valence-electron chi connectivity index (χ1n) is 6.09. The summed E-state index contributed by atoms with van der Waals surface area (Å²) in [6.07, 6.45) is 4.26. The van der Waals surface area contributed by atoms with Crippen LogP contribution in [-0.4, -0.2) is 22.1 Å². The molecule has 0 aliphatic rings. The molecule has 1 N–H and O–H groups in total. The molecule has 1 aromatic rings. The number of esters is 1. The second-order valence-electron chi connectivity index (χ2n) is 3.92. The number of carbonyl (C=O) groups is 1. The smallest absolute Gasteiger partial charge is 0.328 e. The number of unbranched alkanes of at least 4 members (excludes halogenated alkanes) is 2. The summed E-state index contributed by atoms with van der Waals surface area (Å²) >= 11 is 0. The number of aromatic amines is 1. The normalized spacial score (nSPS) is 10.3. The Hall–Kier alpha value is -1.85. The third-order valence-corrected chi connectivity index (χ3v) is 2.48. The molecule has 0 aromatic carbocycles. The first-order valence-corrected chi connectivity index (χ1v) is 6.09. The molecule has 1 rings (SSSR count). The minimum Gasteiger partial charge on any atom is -0.466 e. The summed E-state index contributed by atoms with van der Waals surface area (Å²) in [5.74, 6) is -0.182. The summed E-state index contributed by atoms with van der Waals surface area (Å²) in [4.78, 5) is 35.4. The van der Waals surface area contributed by atoms with Gasteiger partial charge in [-0.15, -0.1) is 0 Å². The quantitative estimate of drug-likeness (QED) is 0.572. The van der Waals surface area contributed by atoms with Crippen LogP contribution >= 0.6 is 0 Å². The Balaban J connectivity index is 2.24. The number of rotatable bonds is 7. The minimum absolute atomic E-state index is 0.182. The maximum absolute atomic E-state index is 11.3. The SMILES string of the molecule is CCOC(=O)CCCCCn1ccc(=O)[nH]c1=O. The summed E-state index contributed by atoms with van der Waals surface area (Å²) in [5, 5.41) is 0. The first kappa shape index (κ1) is 14.2. The van der Waals surface area contributed by atoms with Crippen LogP contribution in [0.3, 0.4) is 0 Å². The maximum atomic E-state index is 11.3. The highest BCUT2D eigenvalue weighted by Gasteiger charge is 2.01. The monoisotopic (exact) mass is 254 g/mol. The van der Waals surface area contributed by atoms with Gasteiger partial charge in [0.2, 0.25) is 0 Å². The molecule has 0 saturated carbocycles. The van der Waals surface area contributed by atoms with Crippen LogP contribution in [0, 0.1) is 0 Å². The van der Waals surface area contributed by atoms with E-state index in [0.717, 1.165) is 19.3 Å². The molecular weight excluding hydrogens is 236 g/mol. The Kier molecular flexibility index (Phi) is 5.90. The van der Waals surface area contributed by atoms with Crippen molar-refractivity contribution in [3.63, 3.8) is 0 Å². The van der Waals surface area contributed by atoms with Crippen molar-refractivity contribution in [1.29, 1.82) is 0 Å². The van der Waals surface area contributed by atoms with Crippen LogP contribution in [0.15, 0.2) is 21.9 Å². The average Bonchev–Trinajstić information content (AvgIpc) is 2.31. The predicted octanol–water partition coefficient (Wildman–Crippen LogP) is 0.660. The highest BCUT2D eigenvalue weighted by atomic mass is 16.5. The topological polar surface area (TPSA) is 81.2 Å². The summed E-state index contributed by atoms with van der Waals surface area (Å²) < 4.78 is 6.26. The fraction of sp³-hybridized carbons (Fsp3) is 0.583. The van der Waals surface area contributed by atoms with E-state index in [-0.39, 0.29) is 5.97 Å². The molecule has 0 unspecified atom stereocenters. The molecule has 0 atom stereocenters. The number of hydrogen-bond donors (Lipinski definition) is 1. The highest BCUT2D eigenvalue weighted by molar-refractivity contribution is 5.69. The van der Waals surface area contributed by atoms with Gasteiger partial charge < -0.3 is 9.30 Å². The van der Waals surface area contributed by atoms with Crippen molar-refractivity contribution in [3.05, 3.63) is 33.1 Å². The summed E-state index contributed by atoms with van der Waals surface area (Å²) in [5.41, 5.74) is -0.786.